The molecular formula is C12H17F3N4O. The van der Waals surface area contributed by atoms with Gasteiger partial charge in [-0.15, -0.1) is 0 Å². The number of hydrogen-bond donors (Lipinski definition) is 3. The lowest BCUT2D eigenvalue weighted by Gasteiger charge is -2.20. The Morgan fingerprint density at radius 3 is 2.25 bits per heavy atom. The molecular weight excluding hydrogens is 273 g/mol. The number of amides is 1. The first-order valence-corrected chi connectivity index (χ1v) is 5.98. The van der Waals surface area contributed by atoms with Crippen molar-refractivity contribution < 1.29 is 18.0 Å². The fraction of sp³-hybridized carbons (Fsp3) is 0.500. The van der Waals surface area contributed by atoms with E-state index in [1.54, 1.807) is 13.8 Å². The van der Waals surface area contributed by atoms with Gasteiger partial charge in [-0.3, -0.25) is 4.79 Å². The lowest BCUT2D eigenvalue weighted by atomic mass is 10.0. The molecule has 8 heteroatoms. The third-order valence-electron chi connectivity index (χ3n) is 2.69. The van der Waals surface area contributed by atoms with E-state index < -0.39 is 23.7 Å². The summed E-state index contributed by atoms with van der Waals surface area (Å²) in [6.45, 7) is 3.46. The summed E-state index contributed by atoms with van der Waals surface area (Å²) in [7, 11) is 1.46. The van der Waals surface area contributed by atoms with Crippen LogP contribution in [0.3, 0.4) is 0 Å². The number of rotatable bonds is 5. The molecule has 0 saturated heterocycles. The average Bonchev–Trinajstić information content (AvgIpc) is 2.33. The number of hydrogen-bond acceptors (Lipinski definition) is 4. The summed E-state index contributed by atoms with van der Waals surface area (Å²) in [5, 5.41) is 5.18. The third-order valence-corrected chi connectivity index (χ3v) is 2.69. The minimum atomic E-state index is -4.50. The SMILES string of the molecule is CNc1cc(C(F)(F)F)cc(NC(C(N)=O)C(C)C)n1. The highest BCUT2D eigenvalue weighted by atomic mass is 19.4. The zero-order valence-electron chi connectivity index (χ0n) is 11.4. The van der Waals surface area contributed by atoms with Crippen LogP contribution in [0.1, 0.15) is 19.4 Å². The van der Waals surface area contributed by atoms with Gasteiger partial charge in [0, 0.05) is 7.05 Å². The molecule has 1 unspecified atom stereocenters. The van der Waals surface area contributed by atoms with Gasteiger partial charge >= 0.3 is 6.18 Å². The Balaban J connectivity index is 3.14. The van der Waals surface area contributed by atoms with Crippen molar-refractivity contribution in [3.05, 3.63) is 17.7 Å². The maximum absolute atomic E-state index is 12.8. The molecule has 20 heavy (non-hydrogen) atoms. The number of halogens is 3. The number of aromatic nitrogens is 1. The Kier molecular flexibility index (Phi) is 4.80. The van der Waals surface area contributed by atoms with Crippen LogP contribution in [-0.2, 0) is 11.0 Å². The van der Waals surface area contributed by atoms with E-state index in [0.29, 0.717) is 0 Å². The molecule has 1 heterocycles. The highest BCUT2D eigenvalue weighted by Crippen LogP contribution is 2.32. The third kappa shape index (κ3) is 4.01. The molecule has 1 rings (SSSR count). The summed E-state index contributed by atoms with van der Waals surface area (Å²) in [6.07, 6.45) is -4.50. The number of anilines is 2. The molecule has 4 N–H and O–H groups in total. The molecule has 0 aromatic carbocycles. The number of nitrogens with one attached hydrogen (secondary N) is 2. The van der Waals surface area contributed by atoms with Crippen molar-refractivity contribution >= 4 is 17.5 Å². The fourth-order valence-electron chi connectivity index (χ4n) is 1.62. The fourth-order valence-corrected chi connectivity index (χ4v) is 1.62. The molecule has 0 saturated carbocycles. The van der Waals surface area contributed by atoms with Gasteiger partial charge in [0.1, 0.15) is 17.7 Å². The zero-order chi connectivity index (χ0) is 15.5. The first-order chi connectivity index (χ1) is 9.15. The summed E-state index contributed by atoms with van der Waals surface area (Å²) < 4.78 is 38.3. The molecule has 0 aliphatic rings. The van der Waals surface area contributed by atoms with Crippen LogP contribution in [0.25, 0.3) is 0 Å². The molecule has 1 atom stereocenters. The molecule has 0 aliphatic carbocycles. The number of nitrogens with zero attached hydrogens (tertiary/aromatic N) is 1. The molecule has 0 aliphatic heterocycles. The predicted molar refractivity (Wildman–Crippen MR) is 70.2 cm³/mol. The van der Waals surface area contributed by atoms with Crippen molar-refractivity contribution in [2.45, 2.75) is 26.1 Å². The summed E-state index contributed by atoms with van der Waals surface area (Å²) in [5.41, 5.74) is 4.36. The van der Waals surface area contributed by atoms with Crippen LogP contribution in [0.15, 0.2) is 12.1 Å². The molecule has 5 nitrogen and oxygen atoms in total. The van der Waals surface area contributed by atoms with E-state index in [9.17, 15) is 18.0 Å². The molecule has 112 valence electrons. The van der Waals surface area contributed by atoms with E-state index in [4.69, 9.17) is 5.73 Å². The quantitative estimate of drug-likeness (QED) is 0.775. The lowest BCUT2D eigenvalue weighted by molar-refractivity contribution is -0.137. The van der Waals surface area contributed by atoms with Gasteiger partial charge in [-0.05, 0) is 18.1 Å². The number of nitrogens with two attached hydrogens (primary N) is 1. The Labute approximate surface area is 114 Å². The van der Waals surface area contributed by atoms with Crippen LogP contribution in [0.5, 0.6) is 0 Å². The molecule has 0 bridgehead atoms. The monoisotopic (exact) mass is 290 g/mol. The normalized spacial score (nSPS) is 13.2. The minimum absolute atomic E-state index is 0.0503. The Morgan fingerprint density at radius 2 is 1.85 bits per heavy atom. The van der Waals surface area contributed by atoms with Gasteiger partial charge < -0.3 is 16.4 Å². The topological polar surface area (TPSA) is 80.0 Å². The van der Waals surface area contributed by atoms with E-state index in [2.05, 4.69) is 15.6 Å². The smallest absolute Gasteiger partial charge is 0.373 e. The van der Waals surface area contributed by atoms with Gasteiger partial charge in [0.15, 0.2) is 0 Å². The second kappa shape index (κ2) is 5.98. The largest absolute Gasteiger partial charge is 0.416 e. The van der Waals surface area contributed by atoms with Crippen LogP contribution in [-0.4, -0.2) is 24.0 Å². The van der Waals surface area contributed by atoms with E-state index in [0.717, 1.165) is 12.1 Å². The highest BCUT2D eigenvalue weighted by Gasteiger charge is 2.32. The maximum Gasteiger partial charge on any atom is 0.416 e. The Morgan fingerprint density at radius 1 is 1.30 bits per heavy atom. The van der Waals surface area contributed by atoms with Gasteiger partial charge in [0.05, 0.1) is 5.56 Å². The summed E-state index contributed by atoms with van der Waals surface area (Å²) >= 11 is 0. The second-order valence-electron chi connectivity index (χ2n) is 4.64. The molecule has 1 amide bonds. The van der Waals surface area contributed by atoms with Crippen LogP contribution in [0.4, 0.5) is 24.8 Å². The number of primary amides is 1. The Bertz CT molecular complexity index is 488. The second-order valence-corrected chi connectivity index (χ2v) is 4.64. The van der Waals surface area contributed by atoms with Crippen LogP contribution in [0, 0.1) is 5.92 Å². The van der Waals surface area contributed by atoms with Crippen LogP contribution < -0.4 is 16.4 Å². The first-order valence-electron chi connectivity index (χ1n) is 5.98. The maximum atomic E-state index is 12.8. The molecule has 1 aromatic rings. The standard InChI is InChI=1S/C12H17F3N4O/c1-6(2)10(11(16)20)19-9-5-7(12(13,14)15)4-8(17-3)18-9/h4-6,10H,1-3H3,(H2,16,20)(H2,17,18,19). The predicted octanol–water partition coefficient (Wildman–Crippen LogP) is 2.06. The van der Waals surface area contributed by atoms with Crippen molar-refractivity contribution in [1.82, 2.24) is 4.98 Å². The van der Waals surface area contributed by atoms with Gasteiger partial charge in [0.25, 0.3) is 0 Å². The van der Waals surface area contributed by atoms with Crippen LogP contribution in [0.2, 0.25) is 0 Å². The van der Waals surface area contributed by atoms with Gasteiger partial charge in [-0.25, -0.2) is 4.98 Å². The van der Waals surface area contributed by atoms with Crippen molar-refractivity contribution in [3.63, 3.8) is 0 Å². The van der Waals surface area contributed by atoms with E-state index >= 15 is 0 Å². The van der Waals surface area contributed by atoms with Crippen molar-refractivity contribution in [1.29, 1.82) is 0 Å². The number of pyridine rings is 1. The number of alkyl halides is 3. The zero-order valence-corrected chi connectivity index (χ0v) is 11.4. The minimum Gasteiger partial charge on any atom is -0.373 e. The highest BCUT2D eigenvalue weighted by molar-refractivity contribution is 5.83. The number of carbonyl (C=O) groups excluding carboxylic acids is 1. The van der Waals surface area contributed by atoms with Crippen molar-refractivity contribution in [3.8, 4) is 0 Å². The first kappa shape index (κ1) is 16.1. The number of carbonyl (C=O) groups is 1. The lowest BCUT2D eigenvalue weighted by Crippen LogP contribution is -2.39. The molecule has 0 fully saturated rings. The summed E-state index contributed by atoms with van der Waals surface area (Å²) in [5.74, 6) is -0.830. The van der Waals surface area contributed by atoms with Crippen molar-refractivity contribution in [2.75, 3.05) is 17.7 Å². The van der Waals surface area contributed by atoms with Crippen LogP contribution >= 0.6 is 0 Å². The molecule has 0 radical (unpaired) electrons. The summed E-state index contributed by atoms with van der Waals surface area (Å²) in [4.78, 5) is 15.2. The van der Waals surface area contributed by atoms with E-state index in [1.165, 1.54) is 7.05 Å². The van der Waals surface area contributed by atoms with Crippen molar-refractivity contribution in [2.24, 2.45) is 11.7 Å². The van der Waals surface area contributed by atoms with Gasteiger partial charge in [-0.1, -0.05) is 13.8 Å². The van der Waals surface area contributed by atoms with E-state index in [-0.39, 0.29) is 17.6 Å². The van der Waals surface area contributed by atoms with E-state index in [1.807, 2.05) is 0 Å². The molecule has 0 spiro atoms. The summed E-state index contributed by atoms with van der Waals surface area (Å²) in [6, 6.07) is 0.939. The molecule has 1 aromatic heterocycles. The van der Waals surface area contributed by atoms with Gasteiger partial charge in [0.2, 0.25) is 5.91 Å². The average molecular weight is 290 g/mol. The van der Waals surface area contributed by atoms with Gasteiger partial charge in [-0.2, -0.15) is 13.2 Å². The Hall–Kier alpha value is -1.99.